The third-order valence-corrected chi connectivity index (χ3v) is 7.50. The van der Waals surface area contributed by atoms with E-state index < -0.39 is 52.1 Å². The van der Waals surface area contributed by atoms with Crippen molar-refractivity contribution in [2.45, 2.75) is 38.9 Å². The maximum absolute atomic E-state index is 15.8. The molecule has 1 fully saturated rings. The minimum atomic E-state index is -2.05. The summed E-state index contributed by atoms with van der Waals surface area (Å²) >= 11 is 6.52. The number of hydrogen-bond acceptors (Lipinski definition) is 7. The van der Waals surface area contributed by atoms with Gasteiger partial charge in [0.2, 0.25) is 5.91 Å². The Morgan fingerprint density at radius 3 is 2.55 bits per heavy atom. The maximum atomic E-state index is 15.8. The Kier molecular flexibility index (Phi) is 7.13. The van der Waals surface area contributed by atoms with Crippen LogP contribution in [-0.4, -0.2) is 58.9 Å². The molecule has 0 aliphatic carbocycles. The number of phenolic OH excluding ortho intramolecular Hbond substituents is 2. The van der Waals surface area contributed by atoms with Crippen LogP contribution in [0.3, 0.4) is 0 Å². The van der Waals surface area contributed by atoms with Gasteiger partial charge in [0, 0.05) is 6.20 Å². The Hall–Kier alpha value is -4.58. The highest BCUT2D eigenvalue weighted by Gasteiger charge is 2.46. The van der Waals surface area contributed by atoms with Crippen molar-refractivity contribution in [1.82, 2.24) is 24.0 Å². The predicted molar refractivity (Wildman–Crippen MR) is 153 cm³/mol. The van der Waals surface area contributed by atoms with E-state index in [0.717, 1.165) is 27.3 Å². The molecule has 5 rings (SSSR count). The fourth-order valence-corrected chi connectivity index (χ4v) is 5.40. The summed E-state index contributed by atoms with van der Waals surface area (Å²) in [6.45, 7) is 7.50. The van der Waals surface area contributed by atoms with E-state index in [1.807, 2.05) is 13.8 Å². The molecule has 4 aromatic rings. The van der Waals surface area contributed by atoms with E-state index in [0.29, 0.717) is 11.3 Å². The van der Waals surface area contributed by atoms with Crippen LogP contribution in [0.25, 0.3) is 28.1 Å². The van der Waals surface area contributed by atoms with Crippen LogP contribution >= 0.6 is 11.6 Å². The lowest BCUT2D eigenvalue weighted by molar-refractivity contribution is -0.141. The number of alkyl halides is 1. The molecule has 42 heavy (non-hydrogen) atoms. The summed E-state index contributed by atoms with van der Waals surface area (Å²) in [5.41, 5.74) is -4.05. The lowest BCUT2D eigenvalue weighted by Gasteiger charge is -2.44. The van der Waals surface area contributed by atoms with Gasteiger partial charge in [0.15, 0.2) is 22.8 Å². The zero-order valence-corrected chi connectivity index (χ0v) is 23.6. The van der Waals surface area contributed by atoms with Crippen LogP contribution in [0.4, 0.5) is 8.78 Å². The number of likely N-dealkylation sites (tertiary alicyclic amines) is 1. The largest absolute Gasteiger partial charge is 0.504 e. The highest BCUT2D eigenvalue weighted by molar-refractivity contribution is 6.33. The molecule has 3 aromatic heterocycles. The molecule has 218 valence electrons. The van der Waals surface area contributed by atoms with Crippen molar-refractivity contribution in [3.63, 3.8) is 0 Å². The first-order chi connectivity index (χ1) is 19.8. The zero-order chi connectivity index (χ0) is 30.7. The van der Waals surface area contributed by atoms with Crippen molar-refractivity contribution in [2.75, 3.05) is 13.1 Å². The highest BCUT2D eigenvalue weighted by atomic mass is 35.5. The first kappa shape index (κ1) is 28.9. The molecule has 1 aromatic carbocycles. The van der Waals surface area contributed by atoms with Crippen LogP contribution in [0.15, 0.2) is 52.7 Å². The molecule has 0 unspecified atom stereocenters. The molecule has 0 radical (unpaired) electrons. The topological polar surface area (TPSA) is 131 Å². The number of amides is 1. The maximum Gasteiger partial charge on any atom is 0.322 e. The van der Waals surface area contributed by atoms with Gasteiger partial charge in [0.25, 0.3) is 0 Å². The van der Waals surface area contributed by atoms with Crippen molar-refractivity contribution in [3.8, 4) is 28.4 Å². The van der Waals surface area contributed by atoms with Gasteiger partial charge >= 0.3 is 11.1 Å². The fourth-order valence-electron chi connectivity index (χ4n) is 5.16. The average molecular weight is 598 g/mol. The van der Waals surface area contributed by atoms with Gasteiger partial charge in [-0.1, -0.05) is 32.0 Å². The smallest absolute Gasteiger partial charge is 0.322 e. The number of benzene rings is 1. The van der Waals surface area contributed by atoms with E-state index in [1.54, 1.807) is 19.2 Å². The Balaban J connectivity index is 1.86. The number of halogens is 3. The van der Waals surface area contributed by atoms with Crippen molar-refractivity contribution >= 4 is 28.7 Å². The number of carbonyl (C=O) groups is 1. The molecule has 2 N–H and O–H groups in total. The van der Waals surface area contributed by atoms with Crippen molar-refractivity contribution in [2.24, 2.45) is 0 Å². The minimum Gasteiger partial charge on any atom is -0.504 e. The SMILES string of the molecule is C=CC(=O)N1CC(F)(Cn2c(=O)c(=O)n(-c3c(C)ccnc3C(C)C)c3nc(-c4c(F)ccc(O)c4O)c(Cl)cc32)C1. The average Bonchev–Trinajstić information content (AvgIpc) is 2.93. The van der Waals surface area contributed by atoms with Gasteiger partial charge in [-0.3, -0.25) is 28.5 Å². The first-order valence-corrected chi connectivity index (χ1v) is 13.3. The number of rotatable bonds is 6. The number of nitrogens with zero attached hydrogens (tertiary/aromatic N) is 5. The lowest BCUT2D eigenvalue weighted by Crippen LogP contribution is -2.63. The molecule has 1 amide bonds. The number of fused-ring (bicyclic) bond motifs is 1. The molecular formula is C29H26ClF2N5O5. The summed E-state index contributed by atoms with van der Waals surface area (Å²) in [5, 5.41) is 20.3. The molecule has 0 saturated carbocycles. The number of carbonyl (C=O) groups excluding carboxylic acids is 1. The van der Waals surface area contributed by atoms with Crippen LogP contribution in [-0.2, 0) is 11.3 Å². The monoisotopic (exact) mass is 597 g/mol. The Morgan fingerprint density at radius 2 is 1.90 bits per heavy atom. The second-order valence-corrected chi connectivity index (χ2v) is 11.0. The Labute approximate surface area is 242 Å². The minimum absolute atomic E-state index is 0.0584. The van der Waals surface area contributed by atoms with Gasteiger partial charge in [-0.25, -0.2) is 13.8 Å². The molecule has 0 bridgehead atoms. The van der Waals surface area contributed by atoms with Crippen LogP contribution in [0.1, 0.15) is 31.0 Å². The second-order valence-electron chi connectivity index (χ2n) is 10.5. The van der Waals surface area contributed by atoms with Crippen molar-refractivity contribution < 1.29 is 23.8 Å². The summed E-state index contributed by atoms with van der Waals surface area (Å²) in [4.78, 5) is 49.4. The number of aryl methyl sites for hydroxylation is 1. The number of phenols is 2. The number of pyridine rings is 2. The van der Waals surface area contributed by atoms with Crippen molar-refractivity contribution in [1.29, 1.82) is 0 Å². The lowest BCUT2D eigenvalue weighted by atomic mass is 9.95. The summed E-state index contributed by atoms with van der Waals surface area (Å²) in [5.74, 6) is -3.13. The second kappa shape index (κ2) is 10.4. The van der Waals surface area contributed by atoms with Gasteiger partial charge in [0.05, 0.1) is 52.8 Å². The quantitative estimate of drug-likeness (QED) is 0.195. The molecule has 4 heterocycles. The molecule has 1 aliphatic rings. The van der Waals surface area contributed by atoms with E-state index in [1.165, 1.54) is 11.0 Å². The molecule has 0 atom stereocenters. The Morgan fingerprint density at radius 1 is 1.21 bits per heavy atom. The van der Waals surface area contributed by atoms with E-state index >= 15 is 4.39 Å². The van der Waals surface area contributed by atoms with E-state index in [4.69, 9.17) is 11.6 Å². The van der Waals surface area contributed by atoms with Gasteiger partial charge in [-0.2, -0.15) is 0 Å². The standard InChI is InChI=1S/C29H26ClF2N5O5/c1-5-20(39)35-11-29(32,12-35)13-36-18-10-16(30)23(21-17(31)6-7-19(38)25(21)40)34-26(18)37(28(42)27(36)41)24-15(4)8-9-33-22(24)14(2)3/h5-10,14,38,40H,1,11-13H2,2-4H3. The summed E-state index contributed by atoms with van der Waals surface area (Å²) in [6.07, 6.45) is 2.60. The van der Waals surface area contributed by atoms with Crippen molar-refractivity contribution in [3.05, 3.63) is 85.9 Å². The predicted octanol–water partition coefficient (Wildman–Crippen LogP) is 3.98. The molecule has 1 saturated heterocycles. The summed E-state index contributed by atoms with van der Waals surface area (Å²) < 4.78 is 32.7. The van der Waals surface area contributed by atoms with E-state index in [-0.39, 0.29) is 46.6 Å². The zero-order valence-electron chi connectivity index (χ0n) is 22.9. The highest BCUT2D eigenvalue weighted by Crippen LogP contribution is 2.41. The molecular weight excluding hydrogens is 572 g/mol. The van der Waals surface area contributed by atoms with Gasteiger partial charge in [-0.15, -0.1) is 0 Å². The Bertz CT molecular complexity index is 1910. The molecule has 1 aliphatic heterocycles. The molecule has 0 spiro atoms. The van der Waals surface area contributed by atoms with Crippen LogP contribution in [0.5, 0.6) is 11.5 Å². The number of hydrogen-bond donors (Lipinski definition) is 2. The molecule has 13 heteroatoms. The van der Waals surface area contributed by atoms with Crippen LogP contribution < -0.4 is 11.1 Å². The summed E-state index contributed by atoms with van der Waals surface area (Å²) in [7, 11) is 0. The van der Waals surface area contributed by atoms with Gasteiger partial charge in [0.1, 0.15) is 5.82 Å². The third-order valence-electron chi connectivity index (χ3n) is 7.21. The van der Waals surface area contributed by atoms with Crippen LogP contribution in [0, 0.1) is 12.7 Å². The molecule has 10 nitrogen and oxygen atoms in total. The first-order valence-electron chi connectivity index (χ1n) is 12.9. The fraction of sp³-hybridized carbons (Fsp3) is 0.276. The summed E-state index contributed by atoms with van der Waals surface area (Å²) in [6, 6.07) is 4.71. The van der Waals surface area contributed by atoms with E-state index in [9.17, 15) is 29.0 Å². The van der Waals surface area contributed by atoms with Gasteiger partial charge < -0.3 is 15.1 Å². The normalized spacial score (nSPS) is 14.3. The third kappa shape index (κ3) is 4.61. The number of aromatic hydroxyl groups is 2. The number of aromatic nitrogens is 4. The van der Waals surface area contributed by atoms with E-state index in [2.05, 4.69) is 16.5 Å². The van der Waals surface area contributed by atoms with Crippen LogP contribution in [0.2, 0.25) is 5.02 Å². The van der Waals surface area contributed by atoms with Gasteiger partial charge in [-0.05, 0) is 48.7 Å².